The van der Waals surface area contributed by atoms with Gasteiger partial charge in [-0.25, -0.2) is 0 Å². The van der Waals surface area contributed by atoms with Crippen molar-refractivity contribution in [3.8, 4) is 11.5 Å². The maximum atomic E-state index is 12.2. The largest absolute Gasteiger partial charge is 0.497 e. The van der Waals surface area contributed by atoms with Crippen molar-refractivity contribution in [2.45, 2.75) is 13.0 Å². The monoisotopic (exact) mass is 315 g/mol. The number of nitrogens with two attached hydrogens (primary N) is 1. The number of carbonyl (C=O) groups is 1. The SMILES string of the molecule is COc1ccc(OC)c(NC(=O)C[NH2+][C@H](C)c2ccccc2)c1. The number of hydrogen-bond donors (Lipinski definition) is 2. The lowest BCUT2D eigenvalue weighted by atomic mass is 10.1. The molecule has 3 N–H and O–H groups in total. The highest BCUT2D eigenvalue weighted by atomic mass is 16.5. The van der Waals surface area contributed by atoms with Crippen molar-refractivity contribution in [1.29, 1.82) is 0 Å². The lowest BCUT2D eigenvalue weighted by molar-refractivity contribution is -0.682. The number of hydrogen-bond acceptors (Lipinski definition) is 3. The summed E-state index contributed by atoms with van der Waals surface area (Å²) in [5.41, 5.74) is 1.80. The van der Waals surface area contributed by atoms with E-state index in [0.29, 0.717) is 23.7 Å². The minimum absolute atomic E-state index is 0.0839. The minimum Gasteiger partial charge on any atom is -0.497 e. The molecule has 0 bridgehead atoms. The molecule has 0 aliphatic heterocycles. The van der Waals surface area contributed by atoms with Gasteiger partial charge in [-0.2, -0.15) is 0 Å². The molecule has 0 fully saturated rings. The van der Waals surface area contributed by atoms with Gasteiger partial charge >= 0.3 is 0 Å². The van der Waals surface area contributed by atoms with Gasteiger partial charge in [0.05, 0.1) is 19.9 Å². The second kappa shape index (κ2) is 8.19. The smallest absolute Gasteiger partial charge is 0.279 e. The predicted octanol–water partition coefficient (Wildman–Crippen LogP) is 1.97. The Bertz CT molecular complexity index is 644. The first-order valence-corrected chi connectivity index (χ1v) is 7.54. The van der Waals surface area contributed by atoms with Crippen LogP contribution >= 0.6 is 0 Å². The molecule has 122 valence electrons. The fourth-order valence-electron chi connectivity index (χ4n) is 2.29. The zero-order valence-corrected chi connectivity index (χ0v) is 13.7. The van der Waals surface area contributed by atoms with Crippen molar-refractivity contribution >= 4 is 11.6 Å². The summed E-state index contributed by atoms with van der Waals surface area (Å²) in [6, 6.07) is 15.6. The van der Waals surface area contributed by atoms with Gasteiger partial charge in [-0.1, -0.05) is 30.3 Å². The average Bonchev–Trinajstić information content (AvgIpc) is 2.60. The van der Waals surface area contributed by atoms with E-state index >= 15 is 0 Å². The van der Waals surface area contributed by atoms with Gasteiger partial charge in [-0.05, 0) is 19.1 Å². The van der Waals surface area contributed by atoms with Crippen LogP contribution in [-0.2, 0) is 4.79 Å². The minimum atomic E-state index is -0.0839. The van der Waals surface area contributed by atoms with Gasteiger partial charge in [0.1, 0.15) is 17.5 Å². The predicted molar refractivity (Wildman–Crippen MR) is 89.8 cm³/mol. The van der Waals surface area contributed by atoms with Gasteiger partial charge in [-0.15, -0.1) is 0 Å². The molecule has 0 aromatic heterocycles. The molecule has 0 aliphatic carbocycles. The van der Waals surface area contributed by atoms with Crippen molar-refractivity contribution in [2.75, 3.05) is 26.1 Å². The number of carbonyl (C=O) groups excluding carboxylic acids is 1. The van der Waals surface area contributed by atoms with Gasteiger partial charge in [0.15, 0.2) is 6.54 Å². The molecule has 1 amide bonds. The van der Waals surface area contributed by atoms with E-state index in [1.54, 1.807) is 32.4 Å². The van der Waals surface area contributed by atoms with Crippen LogP contribution in [0.4, 0.5) is 5.69 Å². The number of quaternary nitrogens is 1. The average molecular weight is 315 g/mol. The highest BCUT2D eigenvalue weighted by Gasteiger charge is 2.13. The zero-order chi connectivity index (χ0) is 16.7. The molecule has 2 aromatic carbocycles. The third kappa shape index (κ3) is 4.72. The molecule has 5 heteroatoms. The standard InChI is InChI=1S/C18H22N2O3/c1-13(14-7-5-4-6-8-14)19-12-18(21)20-16-11-15(22-2)9-10-17(16)23-3/h4-11,13,19H,12H2,1-3H3,(H,20,21)/p+1/t13-/m1/s1. The summed E-state index contributed by atoms with van der Waals surface area (Å²) in [5, 5.41) is 4.87. The van der Waals surface area contributed by atoms with Crippen LogP contribution in [0.1, 0.15) is 18.5 Å². The van der Waals surface area contributed by atoms with E-state index in [9.17, 15) is 4.79 Å². The highest BCUT2D eigenvalue weighted by molar-refractivity contribution is 5.93. The van der Waals surface area contributed by atoms with Crippen LogP contribution in [0, 0.1) is 0 Å². The molecule has 0 unspecified atom stereocenters. The molecule has 0 radical (unpaired) electrons. The van der Waals surface area contributed by atoms with Crippen molar-refractivity contribution < 1.29 is 19.6 Å². The fraction of sp³-hybridized carbons (Fsp3) is 0.278. The second-order valence-electron chi connectivity index (χ2n) is 5.25. The molecular formula is C18H23N2O3+. The third-order valence-corrected chi connectivity index (χ3v) is 3.66. The maximum absolute atomic E-state index is 12.2. The number of anilines is 1. The van der Waals surface area contributed by atoms with Crippen molar-refractivity contribution in [1.82, 2.24) is 0 Å². The summed E-state index contributed by atoms with van der Waals surface area (Å²) in [6.07, 6.45) is 0. The molecule has 0 saturated carbocycles. The van der Waals surface area contributed by atoms with Crippen LogP contribution in [-0.4, -0.2) is 26.7 Å². The van der Waals surface area contributed by atoms with E-state index in [2.05, 4.69) is 24.4 Å². The van der Waals surface area contributed by atoms with Gasteiger partial charge in [0.25, 0.3) is 5.91 Å². The molecule has 0 saturated heterocycles. The topological polar surface area (TPSA) is 64.2 Å². The lowest BCUT2D eigenvalue weighted by Crippen LogP contribution is -2.86. The number of rotatable bonds is 7. The molecule has 0 spiro atoms. The lowest BCUT2D eigenvalue weighted by Gasteiger charge is -2.13. The Morgan fingerprint density at radius 3 is 2.52 bits per heavy atom. The summed E-state index contributed by atoms with van der Waals surface area (Å²) in [6.45, 7) is 2.41. The van der Waals surface area contributed by atoms with E-state index in [1.165, 1.54) is 5.56 Å². The molecule has 2 rings (SSSR count). The molecule has 0 heterocycles. The first-order valence-electron chi connectivity index (χ1n) is 7.54. The molecule has 23 heavy (non-hydrogen) atoms. The molecule has 5 nitrogen and oxygen atoms in total. The van der Waals surface area contributed by atoms with Gasteiger partial charge < -0.3 is 20.1 Å². The van der Waals surface area contributed by atoms with Gasteiger partial charge in [0, 0.05) is 11.6 Å². The van der Waals surface area contributed by atoms with Crippen LogP contribution in [0.2, 0.25) is 0 Å². The Morgan fingerprint density at radius 2 is 1.87 bits per heavy atom. The van der Waals surface area contributed by atoms with Crippen molar-refractivity contribution in [2.24, 2.45) is 0 Å². The first-order chi connectivity index (χ1) is 11.1. The Labute approximate surface area is 136 Å². The van der Waals surface area contributed by atoms with Gasteiger partial charge in [0.2, 0.25) is 0 Å². The van der Waals surface area contributed by atoms with Crippen LogP contribution in [0.15, 0.2) is 48.5 Å². The Balaban J connectivity index is 1.94. The van der Waals surface area contributed by atoms with Crippen molar-refractivity contribution in [3.05, 3.63) is 54.1 Å². The van der Waals surface area contributed by atoms with Crippen LogP contribution in [0.3, 0.4) is 0 Å². The van der Waals surface area contributed by atoms with E-state index in [1.807, 2.05) is 23.5 Å². The molecule has 0 aliphatic rings. The number of amides is 1. The Hall–Kier alpha value is -2.53. The zero-order valence-electron chi connectivity index (χ0n) is 13.7. The first kappa shape index (κ1) is 16.8. The summed E-state index contributed by atoms with van der Waals surface area (Å²) < 4.78 is 10.4. The van der Waals surface area contributed by atoms with Crippen LogP contribution < -0.4 is 20.1 Å². The normalized spacial score (nSPS) is 11.6. The molecular weight excluding hydrogens is 292 g/mol. The van der Waals surface area contributed by atoms with Crippen LogP contribution in [0.5, 0.6) is 11.5 Å². The van der Waals surface area contributed by atoms with E-state index in [4.69, 9.17) is 9.47 Å². The second-order valence-corrected chi connectivity index (χ2v) is 5.25. The quantitative estimate of drug-likeness (QED) is 0.821. The van der Waals surface area contributed by atoms with Crippen LogP contribution in [0.25, 0.3) is 0 Å². The van der Waals surface area contributed by atoms with E-state index < -0.39 is 0 Å². The summed E-state index contributed by atoms with van der Waals surface area (Å²) in [4.78, 5) is 12.2. The summed E-state index contributed by atoms with van der Waals surface area (Å²) >= 11 is 0. The summed E-state index contributed by atoms with van der Waals surface area (Å²) in [5.74, 6) is 1.19. The van der Waals surface area contributed by atoms with E-state index in [-0.39, 0.29) is 11.9 Å². The number of ether oxygens (including phenoxy) is 2. The van der Waals surface area contributed by atoms with E-state index in [0.717, 1.165) is 0 Å². The summed E-state index contributed by atoms with van der Waals surface area (Å²) in [7, 11) is 3.16. The Morgan fingerprint density at radius 1 is 1.13 bits per heavy atom. The maximum Gasteiger partial charge on any atom is 0.279 e. The number of methoxy groups -OCH3 is 2. The highest BCUT2D eigenvalue weighted by Crippen LogP contribution is 2.28. The number of benzene rings is 2. The Kier molecular flexibility index (Phi) is 6.00. The van der Waals surface area contributed by atoms with Crippen molar-refractivity contribution in [3.63, 3.8) is 0 Å². The fourth-order valence-corrected chi connectivity index (χ4v) is 2.29. The number of nitrogens with one attached hydrogen (secondary N) is 1. The molecule has 2 aromatic rings. The molecule has 1 atom stereocenters. The third-order valence-electron chi connectivity index (χ3n) is 3.66. The van der Waals surface area contributed by atoms with Gasteiger partial charge in [-0.3, -0.25) is 4.79 Å².